The Morgan fingerprint density at radius 1 is 1.73 bits per heavy atom. The normalized spacial score (nSPS) is 23.2. The highest BCUT2D eigenvalue weighted by Gasteiger charge is 2.32. The Hall–Kier alpha value is -1.52. The molecular weight excluding hydrogens is 148 g/mol. The summed E-state index contributed by atoms with van der Waals surface area (Å²) in [5, 5.41) is 10.2. The van der Waals surface area contributed by atoms with E-state index in [4.69, 9.17) is 0 Å². The summed E-state index contributed by atoms with van der Waals surface area (Å²) in [7, 11) is 0. The lowest BCUT2D eigenvalue weighted by Gasteiger charge is -2.07. The number of hydrogen-bond donors (Lipinski definition) is 0. The Kier molecular flexibility index (Phi) is 1.80. The van der Waals surface area contributed by atoms with Crippen molar-refractivity contribution >= 4 is 12.1 Å². The molecule has 1 aliphatic rings. The van der Waals surface area contributed by atoms with Gasteiger partial charge in [-0.15, -0.1) is 0 Å². The van der Waals surface area contributed by atoms with E-state index in [1.54, 1.807) is 0 Å². The first-order chi connectivity index (χ1) is 5.13. The third kappa shape index (κ3) is 1.31. The third-order valence-corrected chi connectivity index (χ3v) is 1.42. The van der Waals surface area contributed by atoms with Gasteiger partial charge in [0.2, 0.25) is 0 Å². The summed E-state index contributed by atoms with van der Waals surface area (Å²) in [6.07, 6.45) is 2.74. The molecule has 11 heavy (non-hydrogen) atoms. The van der Waals surface area contributed by atoms with Gasteiger partial charge in [-0.3, -0.25) is 14.9 Å². The second kappa shape index (κ2) is 2.61. The molecule has 1 aliphatic heterocycles. The van der Waals surface area contributed by atoms with Gasteiger partial charge in [-0.1, -0.05) is 0 Å². The first-order valence-corrected chi connectivity index (χ1v) is 3.01. The van der Waals surface area contributed by atoms with E-state index in [2.05, 4.69) is 4.99 Å². The van der Waals surface area contributed by atoms with Gasteiger partial charge in [0.25, 0.3) is 0 Å². The number of nitro groups is 1. The first-order valence-electron chi connectivity index (χ1n) is 3.01. The number of carbonyl (C=O) groups is 1. The predicted molar refractivity (Wildman–Crippen MR) is 38.0 cm³/mol. The Morgan fingerprint density at radius 2 is 2.36 bits per heavy atom. The van der Waals surface area contributed by atoms with Crippen LogP contribution in [0.15, 0.2) is 16.6 Å². The molecule has 0 bridgehead atoms. The van der Waals surface area contributed by atoms with E-state index in [9.17, 15) is 14.9 Å². The fourth-order valence-electron chi connectivity index (χ4n) is 0.841. The van der Waals surface area contributed by atoms with Gasteiger partial charge in [0, 0.05) is 16.7 Å². The number of allylic oxidation sites excluding steroid dienone is 1. The summed E-state index contributed by atoms with van der Waals surface area (Å²) in [5.41, 5.74) is 0.426. The minimum absolute atomic E-state index is 0.426. The molecule has 0 aliphatic carbocycles. The Balaban J connectivity index is 2.95. The lowest BCUT2D eigenvalue weighted by Crippen LogP contribution is -2.31. The molecule has 1 heterocycles. The molecule has 5 nitrogen and oxygen atoms in total. The van der Waals surface area contributed by atoms with Crippen LogP contribution in [-0.4, -0.2) is 23.1 Å². The summed E-state index contributed by atoms with van der Waals surface area (Å²) in [4.78, 5) is 23.7. The van der Waals surface area contributed by atoms with Crippen LogP contribution in [0, 0.1) is 10.1 Å². The minimum atomic E-state index is -1.26. The average molecular weight is 154 g/mol. The number of rotatable bonds is 1. The van der Waals surface area contributed by atoms with E-state index in [1.807, 2.05) is 0 Å². The van der Waals surface area contributed by atoms with Gasteiger partial charge >= 0.3 is 11.9 Å². The molecule has 0 aromatic carbocycles. The fraction of sp³-hybridized carbons (Fsp3) is 0.333. The number of hydrogen-bond acceptors (Lipinski definition) is 3. The van der Waals surface area contributed by atoms with Gasteiger partial charge in [-0.2, -0.15) is 0 Å². The van der Waals surface area contributed by atoms with Crippen LogP contribution < -0.4 is 0 Å². The summed E-state index contributed by atoms with van der Waals surface area (Å²) in [5.74, 6) is -0.699. The van der Waals surface area contributed by atoms with Crippen molar-refractivity contribution < 1.29 is 9.72 Å². The molecule has 0 aromatic rings. The van der Waals surface area contributed by atoms with Gasteiger partial charge in [0.05, 0.1) is 0 Å². The second-order valence-corrected chi connectivity index (χ2v) is 2.21. The number of aliphatic imine (C=N–C) groups is 1. The van der Waals surface area contributed by atoms with Crippen molar-refractivity contribution in [3.8, 4) is 0 Å². The zero-order valence-corrected chi connectivity index (χ0v) is 5.85. The lowest BCUT2D eigenvalue weighted by molar-refractivity contribution is -0.497. The fourth-order valence-corrected chi connectivity index (χ4v) is 0.841. The van der Waals surface area contributed by atoms with Crippen LogP contribution >= 0.6 is 0 Å². The van der Waals surface area contributed by atoms with Gasteiger partial charge in [0.15, 0.2) is 0 Å². The molecule has 0 unspecified atom stereocenters. The molecular formula is C6H6N2O3. The molecule has 0 aromatic heterocycles. The van der Waals surface area contributed by atoms with Crippen LogP contribution in [0.3, 0.4) is 0 Å². The van der Waals surface area contributed by atoms with Gasteiger partial charge < -0.3 is 0 Å². The maximum Gasteiger partial charge on any atom is 0.324 e. The van der Waals surface area contributed by atoms with E-state index < -0.39 is 16.9 Å². The maximum atomic E-state index is 10.8. The summed E-state index contributed by atoms with van der Waals surface area (Å²) >= 11 is 0. The van der Waals surface area contributed by atoms with Crippen molar-refractivity contribution in [2.24, 2.45) is 4.99 Å². The molecule has 5 heteroatoms. The number of carbonyl (C=O) groups excluding carboxylic acids is 1. The number of nitrogens with zero attached hydrogens (tertiary/aromatic N) is 2. The molecule has 0 saturated carbocycles. The largest absolute Gasteiger partial charge is 0.324 e. The third-order valence-electron chi connectivity index (χ3n) is 1.42. The molecule has 0 N–H and O–H groups in total. The molecule has 0 radical (unpaired) electrons. The summed E-state index contributed by atoms with van der Waals surface area (Å²) in [6.45, 7) is 1.54. The van der Waals surface area contributed by atoms with Crippen LogP contribution in [0.1, 0.15) is 6.92 Å². The summed E-state index contributed by atoms with van der Waals surface area (Å²) in [6, 6.07) is -1.26. The topological polar surface area (TPSA) is 72.6 Å². The first kappa shape index (κ1) is 7.59. The van der Waals surface area contributed by atoms with Crippen molar-refractivity contribution in [3.05, 3.63) is 21.8 Å². The zero-order chi connectivity index (χ0) is 8.43. The Morgan fingerprint density at radius 3 is 2.73 bits per heavy atom. The Labute approximate surface area is 62.6 Å². The Bertz CT molecular complexity index is 267. The van der Waals surface area contributed by atoms with Crippen LogP contribution in [-0.2, 0) is 4.79 Å². The average Bonchev–Trinajstić information content (AvgIpc) is 1.85. The van der Waals surface area contributed by atoms with E-state index in [1.165, 1.54) is 19.2 Å². The van der Waals surface area contributed by atoms with Gasteiger partial charge in [-0.25, -0.2) is 4.99 Å². The predicted octanol–water partition coefficient (Wildman–Crippen LogP) is 0.189. The second-order valence-electron chi connectivity index (χ2n) is 2.21. The minimum Gasteiger partial charge on any atom is -0.264 e. The zero-order valence-electron chi connectivity index (χ0n) is 5.85. The molecule has 0 spiro atoms. The molecule has 0 fully saturated rings. The van der Waals surface area contributed by atoms with Crippen LogP contribution in [0.5, 0.6) is 0 Å². The highest BCUT2D eigenvalue weighted by atomic mass is 16.6. The van der Waals surface area contributed by atoms with Crippen molar-refractivity contribution in [1.29, 1.82) is 0 Å². The smallest absolute Gasteiger partial charge is 0.264 e. The van der Waals surface area contributed by atoms with Crippen molar-refractivity contribution in [1.82, 2.24) is 0 Å². The SMILES string of the molecule is CC1=CC=NC(=O)[C@H]1[N+](=O)[O-]. The van der Waals surface area contributed by atoms with Crippen molar-refractivity contribution in [2.75, 3.05) is 0 Å². The van der Waals surface area contributed by atoms with Crippen LogP contribution in [0.4, 0.5) is 0 Å². The maximum absolute atomic E-state index is 10.8. The van der Waals surface area contributed by atoms with Crippen molar-refractivity contribution in [2.45, 2.75) is 13.0 Å². The lowest BCUT2D eigenvalue weighted by atomic mass is 10.1. The van der Waals surface area contributed by atoms with Crippen LogP contribution in [0.25, 0.3) is 0 Å². The van der Waals surface area contributed by atoms with E-state index >= 15 is 0 Å². The molecule has 1 amide bonds. The molecule has 1 atom stereocenters. The standard InChI is InChI=1S/C6H6N2O3/c1-4-2-3-7-6(9)5(4)8(10)11/h2-3,5H,1H3/t5-/m0/s1. The highest BCUT2D eigenvalue weighted by Crippen LogP contribution is 2.09. The molecule has 1 rings (SSSR count). The summed E-state index contributed by atoms with van der Waals surface area (Å²) < 4.78 is 0. The highest BCUT2D eigenvalue weighted by molar-refractivity contribution is 5.96. The van der Waals surface area contributed by atoms with Gasteiger partial charge in [-0.05, 0) is 13.0 Å². The molecule has 58 valence electrons. The number of dihydropyridines is 1. The van der Waals surface area contributed by atoms with E-state index in [0.717, 1.165) is 0 Å². The number of amides is 1. The van der Waals surface area contributed by atoms with E-state index in [-0.39, 0.29) is 0 Å². The van der Waals surface area contributed by atoms with E-state index in [0.29, 0.717) is 5.57 Å². The van der Waals surface area contributed by atoms with Crippen LogP contribution in [0.2, 0.25) is 0 Å². The quantitative estimate of drug-likeness (QED) is 0.399. The monoisotopic (exact) mass is 154 g/mol. The molecule has 0 saturated heterocycles. The van der Waals surface area contributed by atoms with Crippen molar-refractivity contribution in [3.63, 3.8) is 0 Å². The van der Waals surface area contributed by atoms with Gasteiger partial charge in [0.1, 0.15) is 0 Å².